The number of benzene rings is 3. The van der Waals surface area contributed by atoms with Gasteiger partial charge in [-0.3, -0.25) is 30.9 Å². The number of nitro groups is 2. The maximum Gasteiger partial charge on any atom is 0.300 e. The zero-order valence-electron chi connectivity index (χ0n) is 15.3. The number of nitrogens with zero attached hydrogens (tertiary/aromatic N) is 2. The number of hydrogen-bond acceptors (Lipinski definition) is 9. The van der Waals surface area contributed by atoms with Crippen molar-refractivity contribution in [1.82, 2.24) is 0 Å². The molecule has 0 saturated heterocycles. The second kappa shape index (κ2) is 9.61. The highest BCUT2D eigenvalue weighted by Crippen LogP contribution is 2.28. The topological polar surface area (TPSA) is 182 Å². The number of nitrogens with two attached hydrogens (primary N) is 1. The first-order valence-corrected chi connectivity index (χ1v) is 8.25. The van der Waals surface area contributed by atoms with Gasteiger partial charge < -0.3 is 15.6 Å². The summed E-state index contributed by atoms with van der Waals surface area (Å²) in [6.07, 6.45) is 0. The molecule has 0 saturated carbocycles. The Morgan fingerprint density at radius 2 is 1.57 bits per heavy atom. The van der Waals surface area contributed by atoms with Crippen LogP contribution in [0.2, 0.25) is 0 Å². The molecule has 3 aromatic rings. The molecule has 11 heteroatoms. The Balaban J connectivity index is 0.000000216. The molecule has 0 aliphatic rings. The monoisotopic (exact) mass is 412 g/mol. The molecule has 0 unspecified atom stereocenters. The van der Waals surface area contributed by atoms with E-state index in [4.69, 9.17) is 10.9 Å². The number of phenolic OH excluding ortho intramolecular Hbond substituents is 2. The van der Waals surface area contributed by atoms with E-state index in [0.717, 1.165) is 18.2 Å². The molecule has 5 N–H and O–H groups in total. The Bertz CT molecular complexity index is 1090. The van der Waals surface area contributed by atoms with Crippen molar-refractivity contribution in [2.24, 2.45) is 5.84 Å². The molecular formula is C19H16N4O7. The SMILES string of the molecule is NNc1ccc([N+](=O)[O-])cc1[N+](=O)[O-].O=C(c1ccccc1)c1ccc(O)cc1O. The minimum atomic E-state index is -0.748. The molecule has 0 bridgehead atoms. The van der Waals surface area contributed by atoms with Crippen molar-refractivity contribution in [3.8, 4) is 11.5 Å². The van der Waals surface area contributed by atoms with Gasteiger partial charge in [0.1, 0.15) is 17.2 Å². The van der Waals surface area contributed by atoms with Gasteiger partial charge in [0.05, 0.1) is 21.5 Å². The molecule has 0 spiro atoms. The average molecular weight is 412 g/mol. The van der Waals surface area contributed by atoms with Crippen LogP contribution in [0.1, 0.15) is 15.9 Å². The van der Waals surface area contributed by atoms with Crippen LogP contribution in [0.3, 0.4) is 0 Å². The number of phenols is 2. The fraction of sp³-hybridized carbons (Fsp3) is 0. The maximum absolute atomic E-state index is 11.9. The van der Waals surface area contributed by atoms with Crippen LogP contribution in [0.5, 0.6) is 11.5 Å². The van der Waals surface area contributed by atoms with Crippen molar-refractivity contribution < 1.29 is 24.9 Å². The molecule has 11 nitrogen and oxygen atoms in total. The van der Waals surface area contributed by atoms with Crippen molar-refractivity contribution in [2.75, 3.05) is 5.43 Å². The van der Waals surface area contributed by atoms with E-state index in [-0.39, 0.29) is 34.2 Å². The molecule has 0 radical (unpaired) electrons. The number of ketones is 1. The van der Waals surface area contributed by atoms with Crippen LogP contribution in [-0.4, -0.2) is 25.8 Å². The molecule has 3 aromatic carbocycles. The van der Waals surface area contributed by atoms with Gasteiger partial charge in [0, 0.05) is 17.7 Å². The largest absolute Gasteiger partial charge is 0.508 e. The third kappa shape index (κ3) is 5.27. The summed E-state index contributed by atoms with van der Waals surface area (Å²) in [5.41, 5.74) is 2.01. The van der Waals surface area contributed by atoms with Gasteiger partial charge in [-0.1, -0.05) is 30.3 Å². The summed E-state index contributed by atoms with van der Waals surface area (Å²) in [4.78, 5) is 31.2. The summed E-state index contributed by atoms with van der Waals surface area (Å²) in [5.74, 6) is 4.44. The minimum Gasteiger partial charge on any atom is -0.508 e. The van der Waals surface area contributed by atoms with Crippen LogP contribution in [0, 0.1) is 20.2 Å². The molecular weight excluding hydrogens is 396 g/mol. The second-order valence-corrected chi connectivity index (χ2v) is 5.76. The fourth-order valence-corrected chi connectivity index (χ4v) is 2.36. The zero-order chi connectivity index (χ0) is 22.3. The van der Waals surface area contributed by atoms with Gasteiger partial charge in [0.15, 0.2) is 5.78 Å². The molecule has 0 aliphatic carbocycles. The Labute approximate surface area is 169 Å². The Morgan fingerprint density at radius 1 is 0.900 bits per heavy atom. The number of nitro benzene ring substituents is 2. The van der Waals surface area contributed by atoms with Crippen LogP contribution in [0.4, 0.5) is 17.1 Å². The highest BCUT2D eigenvalue weighted by molar-refractivity contribution is 6.10. The number of carbonyl (C=O) groups excluding carboxylic acids is 1. The average Bonchev–Trinajstić information content (AvgIpc) is 2.73. The lowest BCUT2D eigenvalue weighted by molar-refractivity contribution is -0.393. The normalized spacial score (nSPS) is 9.77. The number of hydrogen-bond donors (Lipinski definition) is 4. The van der Waals surface area contributed by atoms with Gasteiger partial charge >= 0.3 is 5.69 Å². The molecule has 30 heavy (non-hydrogen) atoms. The van der Waals surface area contributed by atoms with Crippen LogP contribution >= 0.6 is 0 Å². The summed E-state index contributed by atoms with van der Waals surface area (Å²) in [7, 11) is 0. The Hall–Kier alpha value is -4.51. The van der Waals surface area contributed by atoms with Crippen molar-refractivity contribution >= 4 is 22.8 Å². The number of hydrazine groups is 1. The minimum absolute atomic E-state index is 0.0283. The smallest absolute Gasteiger partial charge is 0.300 e. The van der Waals surface area contributed by atoms with Gasteiger partial charge in [-0.25, -0.2) is 0 Å². The lowest BCUT2D eigenvalue weighted by Crippen LogP contribution is -2.09. The first-order valence-electron chi connectivity index (χ1n) is 8.25. The highest BCUT2D eigenvalue weighted by atomic mass is 16.6. The third-order valence-electron chi connectivity index (χ3n) is 3.81. The molecule has 0 fully saturated rings. The number of rotatable bonds is 5. The van der Waals surface area contributed by atoms with Crippen LogP contribution < -0.4 is 11.3 Å². The Morgan fingerprint density at radius 3 is 2.10 bits per heavy atom. The summed E-state index contributed by atoms with van der Waals surface area (Å²) >= 11 is 0. The van der Waals surface area contributed by atoms with Gasteiger partial charge in [0.25, 0.3) is 5.69 Å². The second-order valence-electron chi connectivity index (χ2n) is 5.76. The number of non-ortho nitro benzene ring substituents is 1. The third-order valence-corrected chi connectivity index (χ3v) is 3.81. The maximum atomic E-state index is 11.9. The van der Waals surface area contributed by atoms with Crippen LogP contribution in [0.15, 0.2) is 66.7 Å². The number of anilines is 1. The van der Waals surface area contributed by atoms with E-state index in [1.54, 1.807) is 24.3 Å². The predicted molar refractivity (Wildman–Crippen MR) is 107 cm³/mol. The molecule has 0 aliphatic heterocycles. The molecule has 3 rings (SSSR count). The molecule has 0 atom stereocenters. The van der Waals surface area contributed by atoms with Gasteiger partial charge in [-0.15, -0.1) is 0 Å². The predicted octanol–water partition coefficient (Wildman–Crippen LogP) is 3.12. The quantitative estimate of drug-likeness (QED) is 0.212. The zero-order valence-corrected chi connectivity index (χ0v) is 15.3. The van der Waals surface area contributed by atoms with E-state index in [1.165, 1.54) is 18.2 Å². The van der Waals surface area contributed by atoms with Crippen molar-refractivity contribution in [2.45, 2.75) is 0 Å². The lowest BCUT2D eigenvalue weighted by atomic mass is 10.0. The van der Waals surface area contributed by atoms with E-state index < -0.39 is 15.5 Å². The van der Waals surface area contributed by atoms with Crippen molar-refractivity contribution in [1.29, 1.82) is 0 Å². The first kappa shape index (κ1) is 21.8. The van der Waals surface area contributed by atoms with Crippen molar-refractivity contribution in [3.63, 3.8) is 0 Å². The van der Waals surface area contributed by atoms with E-state index in [9.17, 15) is 30.1 Å². The van der Waals surface area contributed by atoms with Gasteiger partial charge in [0.2, 0.25) is 0 Å². The van der Waals surface area contributed by atoms with E-state index in [2.05, 4.69) is 5.43 Å². The summed E-state index contributed by atoms with van der Waals surface area (Å²) in [5, 5.41) is 39.4. The van der Waals surface area contributed by atoms with E-state index in [1.807, 2.05) is 6.07 Å². The highest BCUT2D eigenvalue weighted by Gasteiger charge is 2.18. The molecule has 0 aromatic heterocycles. The van der Waals surface area contributed by atoms with Crippen molar-refractivity contribution in [3.05, 3.63) is 98.1 Å². The molecule has 154 valence electrons. The van der Waals surface area contributed by atoms with E-state index in [0.29, 0.717) is 5.56 Å². The number of carbonyl (C=O) groups is 1. The molecule has 0 heterocycles. The summed E-state index contributed by atoms with van der Waals surface area (Å²) in [6, 6.07) is 15.7. The first-order chi connectivity index (χ1) is 14.2. The molecule has 0 amide bonds. The fourth-order valence-electron chi connectivity index (χ4n) is 2.36. The van der Waals surface area contributed by atoms with Gasteiger partial charge in [-0.05, 0) is 18.2 Å². The van der Waals surface area contributed by atoms with E-state index >= 15 is 0 Å². The summed E-state index contributed by atoms with van der Waals surface area (Å²) < 4.78 is 0. The summed E-state index contributed by atoms with van der Waals surface area (Å²) in [6.45, 7) is 0. The van der Waals surface area contributed by atoms with Crippen LogP contribution in [0.25, 0.3) is 0 Å². The Kier molecular flexibility index (Phi) is 6.98. The van der Waals surface area contributed by atoms with Crippen LogP contribution in [-0.2, 0) is 0 Å². The number of nitrogen functional groups attached to an aromatic ring is 1. The number of aromatic hydroxyl groups is 2. The van der Waals surface area contributed by atoms with Gasteiger partial charge in [-0.2, -0.15) is 0 Å². The standard InChI is InChI=1S/C13H10O3.C6H6N4O4/c14-10-6-7-11(12(15)8-10)13(16)9-4-2-1-3-5-9;7-8-5-2-1-4(9(11)12)3-6(5)10(13)14/h1-8,14-15H;1-3,8H,7H2. The lowest BCUT2D eigenvalue weighted by Gasteiger charge is -2.04. The number of nitrogens with one attached hydrogen (secondary N) is 1.